The summed E-state index contributed by atoms with van der Waals surface area (Å²) in [5, 5.41) is 0. The van der Waals surface area contributed by atoms with Gasteiger partial charge in [0.15, 0.2) is 0 Å². The summed E-state index contributed by atoms with van der Waals surface area (Å²) in [6.07, 6.45) is 1.52. The molecule has 2 aliphatic carbocycles. The van der Waals surface area contributed by atoms with Crippen LogP contribution in [0.1, 0.15) is 19.8 Å². The van der Waals surface area contributed by atoms with Gasteiger partial charge in [0.2, 0.25) is 0 Å². The van der Waals surface area contributed by atoms with E-state index in [1.54, 1.807) is 0 Å². The summed E-state index contributed by atoms with van der Waals surface area (Å²) < 4.78 is 24.8. The van der Waals surface area contributed by atoms with Gasteiger partial charge in [-0.3, -0.25) is 0 Å². The van der Waals surface area contributed by atoms with Crippen molar-refractivity contribution in [1.29, 1.82) is 0 Å². The lowest BCUT2D eigenvalue weighted by Crippen LogP contribution is -2.04. The fraction of sp³-hybridized carbons (Fsp3) is 1.00. The van der Waals surface area contributed by atoms with Crippen LogP contribution >= 0.6 is 0 Å². The van der Waals surface area contributed by atoms with Gasteiger partial charge in [-0.1, -0.05) is 6.92 Å². The highest BCUT2D eigenvalue weighted by molar-refractivity contribution is 5.10. The summed E-state index contributed by atoms with van der Waals surface area (Å²) in [6.45, 7) is 2.06. The van der Waals surface area contributed by atoms with E-state index < -0.39 is 5.92 Å². The van der Waals surface area contributed by atoms with Crippen molar-refractivity contribution in [3.63, 3.8) is 0 Å². The van der Waals surface area contributed by atoms with E-state index in [-0.39, 0.29) is 11.8 Å². The lowest BCUT2D eigenvalue weighted by atomic mass is 10.1. The molecule has 52 valence electrons. The fourth-order valence-corrected chi connectivity index (χ4v) is 2.07. The zero-order valence-corrected chi connectivity index (χ0v) is 5.40. The Kier molecular flexibility index (Phi) is 0.814. The molecule has 0 nitrogen and oxygen atoms in total. The van der Waals surface area contributed by atoms with E-state index in [9.17, 15) is 8.78 Å². The van der Waals surface area contributed by atoms with Crippen LogP contribution in [0.3, 0.4) is 0 Å². The Morgan fingerprint density at radius 3 is 2.00 bits per heavy atom. The maximum Gasteiger partial charge on any atom is 0.254 e. The minimum absolute atomic E-state index is 0.229. The monoisotopic (exact) mass is 132 g/mol. The summed E-state index contributed by atoms with van der Waals surface area (Å²) in [6, 6.07) is 0. The van der Waals surface area contributed by atoms with Crippen LogP contribution in [-0.2, 0) is 0 Å². The van der Waals surface area contributed by atoms with Crippen molar-refractivity contribution in [2.24, 2.45) is 17.8 Å². The van der Waals surface area contributed by atoms with Crippen molar-refractivity contribution < 1.29 is 8.78 Å². The largest absolute Gasteiger partial charge is 0.254 e. The third kappa shape index (κ3) is 0.565. The first-order valence-corrected chi connectivity index (χ1v) is 3.50. The molecule has 0 heterocycles. The van der Waals surface area contributed by atoms with Gasteiger partial charge in [0.05, 0.1) is 0 Å². The van der Waals surface area contributed by atoms with Crippen molar-refractivity contribution in [3.8, 4) is 0 Å². The van der Waals surface area contributed by atoms with Gasteiger partial charge in [0.1, 0.15) is 0 Å². The van der Waals surface area contributed by atoms with Gasteiger partial charge in [-0.25, -0.2) is 8.78 Å². The van der Waals surface area contributed by atoms with Crippen LogP contribution in [0.2, 0.25) is 0 Å². The molecule has 0 bridgehead atoms. The zero-order valence-electron chi connectivity index (χ0n) is 5.40. The average molecular weight is 132 g/mol. The Hall–Kier alpha value is -0.140. The molecule has 0 radical (unpaired) electrons. The van der Waals surface area contributed by atoms with Crippen molar-refractivity contribution in [1.82, 2.24) is 0 Å². The standard InChI is InChI=1S/C7H10F2/c1-4-2-5-6(3-4)7(5,8)9/h4-6H,2-3H2,1H3. The molecule has 2 aliphatic rings. The van der Waals surface area contributed by atoms with E-state index >= 15 is 0 Å². The van der Waals surface area contributed by atoms with Gasteiger partial charge in [0.25, 0.3) is 5.92 Å². The first kappa shape index (κ1) is 5.63. The summed E-state index contributed by atoms with van der Waals surface area (Å²) in [5.41, 5.74) is 0. The molecular weight excluding hydrogens is 122 g/mol. The van der Waals surface area contributed by atoms with Gasteiger partial charge in [-0.2, -0.15) is 0 Å². The van der Waals surface area contributed by atoms with Gasteiger partial charge in [-0.05, 0) is 18.8 Å². The minimum atomic E-state index is -2.26. The number of rotatable bonds is 0. The van der Waals surface area contributed by atoms with Crippen LogP contribution in [0, 0.1) is 17.8 Å². The molecular formula is C7H10F2. The Morgan fingerprint density at radius 2 is 1.67 bits per heavy atom. The highest BCUT2D eigenvalue weighted by atomic mass is 19.3. The summed E-state index contributed by atoms with van der Waals surface area (Å²) in [4.78, 5) is 0. The molecule has 0 aromatic heterocycles. The minimum Gasteiger partial charge on any atom is -0.206 e. The Labute approximate surface area is 53.2 Å². The topological polar surface area (TPSA) is 0 Å². The Bertz CT molecular complexity index is 128. The predicted octanol–water partition coefficient (Wildman–Crippen LogP) is 2.30. The quantitative estimate of drug-likeness (QED) is 0.474. The van der Waals surface area contributed by atoms with Crippen LogP contribution in [0.4, 0.5) is 8.78 Å². The van der Waals surface area contributed by atoms with Crippen molar-refractivity contribution in [2.45, 2.75) is 25.7 Å². The van der Waals surface area contributed by atoms with Crippen molar-refractivity contribution in [3.05, 3.63) is 0 Å². The van der Waals surface area contributed by atoms with E-state index in [0.29, 0.717) is 5.92 Å². The summed E-state index contributed by atoms with van der Waals surface area (Å²) in [7, 11) is 0. The van der Waals surface area contributed by atoms with E-state index in [2.05, 4.69) is 6.92 Å². The van der Waals surface area contributed by atoms with Crippen LogP contribution in [-0.4, -0.2) is 5.92 Å². The van der Waals surface area contributed by atoms with Crippen LogP contribution in [0.5, 0.6) is 0 Å². The number of alkyl halides is 2. The lowest BCUT2D eigenvalue weighted by Gasteiger charge is -2.05. The van der Waals surface area contributed by atoms with Gasteiger partial charge >= 0.3 is 0 Å². The molecule has 0 spiro atoms. The third-order valence-electron chi connectivity index (χ3n) is 2.68. The molecule has 9 heavy (non-hydrogen) atoms. The van der Waals surface area contributed by atoms with E-state index in [1.807, 2.05) is 0 Å². The maximum absolute atomic E-state index is 12.4. The third-order valence-corrected chi connectivity index (χ3v) is 2.68. The number of fused-ring (bicyclic) bond motifs is 1. The van der Waals surface area contributed by atoms with Crippen LogP contribution < -0.4 is 0 Å². The second kappa shape index (κ2) is 1.30. The van der Waals surface area contributed by atoms with Gasteiger partial charge < -0.3 is 0 Å². The molecule has 2 fully saturated rings. The highest BCUT2D eigenvalue weighted by Gasteiger charge is 2.70. The first-order chi connectivity index (χ1) is 4.12. The smallest absolute Gasteiger partial charge is 0.206 e. The molecule has 0 saturated heterocycles. The predicted molar refractivity (Wildman–Crippen MR) is 30.3 cm³/mol. The van der Waals surface area contributed by atoms with E-state index in [1.165, 1.54) is 0 Å². The van der Waals surface area contributed by atoms with Crippen LogP contribution in [0.15, 0.2) is 0 Å². The molecule has 0 aliphatic heterocycles. The van der Waals surface area contributed by atoms with Crippen molar-refractivity contribution in [2.75, 3.05) is 0 Å². The normalized spacial score (nSPS) is 53.0. The number of halogens is 2. The highest BCUT2D eigenvalue weighted by Crippen LogP contribution is 2.65. The second-order valence-corrected chi connectivity index (χ2v) is 3.46. The molecule has 2 atom stereocenters. The fourth-order valence-electron chi connectivity index (χ4n) is 2.07. The lowest BCUT2D eigenvalue weighted by molar-refractivity contribution is 0.0654. The Morgan fingerprint density at radius 1 is 1.22 bits per heavy atom. The van der Waals surface area contributed by atoms with Crippen LogP contribution in [0.25, 0.3) is 0 Å². The van der Waals surface area contributed by atoms with Gasteiger partial charge in [0, 0.05) is 11.8 Å². The van der Waals surface area contributed by atoms with E-state index in [0.717, 1.165) is 12.8 Å². The zero-order chi connectivity index (χ0) is 6.65. The van der Waals surface area contributed by atoms with E-state index in [4.69, 9.17) is 0 Å². The average Bonchev–Trinajstić information content (AvgIpc) is 2.27. The SMILES string of the molecule is CC1CC2C(C1)C2(F)F. The molecule has 2 rings (SSSR count). The van der Waals surface area contributed by atoms with Crippen molar-refractivity contribution >= 4 is 0 Å². The molecule has 0 amide bonds. The summed E-state index contributed by atoms with van der Waals surface area (Å²) in [5.74, 6) is -2.16. The number of hydrogen-bond acceptors (Lipinski definition) is 0. The molecule has 2 saturated carbocycles. The maximum atomic E-state index is 12.4. The van der Waals surface area contributed by atoms with Gasteiger partial charge in [-0.15, -0.1) is 0 Å². The molecule has 2 heteroatoms. The Balaban J connectivity index is 2.06. The molecule has 0 aromatic rings. The summed E-state index contributed by atoms with van der Waals surface area (Å²) >= 11 is 0. The second-order valence-electron chi connectivity index (χ2n) is 3.46. The molecule has 2 unspecified atom stereocenters. The molecule has 0 N–H and O–H groups in total. The first-order valence-electron chi connectivity index (χ1n) is 3.50. The number of hydrogen-bond donors (Lipinski definition) is 0. The molecule has 0 aromatic carbocycles.